The number of fused-ring (bicyclic) bond motifs is 1. The van der Waals surface area contributed by atoms with Crippen LogP contribution in [0.3, 0.4) is 0 Å². The highest BCUT2D eigenvalue weighted by molar-refractivity contribution is 5.88. The van der Waals surface area contributed by atoms with E-state index in [0.717, 1.165) is 29.4 Å². The average Bonchev–Trinajstić information content (AvgIpc) is 3.35. The van der Waals surface area contributed by atoms with Gasteiger partial charge in [0.25, 0.3) is 5.89 Å². The maximum absolute atomic E-state index is 12.6. The molecule has 0 bridgehead atoms. The maximum Gasteiger partial charge on any atom is 0.264 e. The summed E-state index contributed by atoms with van der Waals surface area (Å²) in [6.45, 7) is 2.23. The summed E-state index contributed by atoms with van der Waals surface area (Å²) in [7, 11) is 0. The zero-order chi connectivity index (χ0) is 17.2. The second kappa shape index (κ2) is 6.70. The highest BCUT2D eigenvalue weighted by atomic mass is 16.4. The van der Waals surface area contributed by atoms with Gasteiger partial charge >= 0.3 is 0 Å². The van der Waals surface area contributed by atoms with Crippen molar-refractivity contribution in [1.29, 1.82) is 0 Å². The standard InChI is InChI=1S/C19H22N4O2/c1-2-18-21-22-19(25-18)16-11-13-7-3-6-10-15(13)23(16)12-17(24)20-14-8-4-5-9-14/h3,6-7,10-11,14H,2,4-5,8-9,12H2,1H3,(H,20,24). The Morgan fingerprint density at radius 3 is 2.84 bits per heavy atom. The molecule has 6 heteroatoms. The minimum absolute atomic E-state index is 0.0322. The fourth-order valence-electron chi connectivity index (χ4n) is 3.54. The van der Waals surface area contributed by atoms with Crippen molar-refractivity contribution in [2.75, 3.05) is 0 Å². The van der Waals surface area contributed by atoms with Crippen LogP contribution in [-0.2, 0) is 17.8 Å². The van der Waals surface area contributed by atoms with Crippen molar-refractivity contribution < 1.29 is 9.21 Å². The molecule has 25 heavy (non-hydrogen) atoms. The number of amides is 1. The Bertz CT molecular complexity index is 890. The van der Waals surface area contributed by atoms with Gasteiger partial charge in [-0.25, -0.2) is 0 Å². The molecule has 0 saturated heterocycles. The molecule has 3 aromatic rings. The van der Waals surface area contributed by atoms with Crippen LogP contribution in [0.25, 0.3) is 22.5 Å². The summed E-state index contributed by atoms with van der Waals surface area (Å²) in [6, 6.07) is 10.3. The fourth-order valence-corrected chi connectivity index (χ4v) is 3.54. The SMILES string of the molecule is CCc1nnc(-c2cc3ccccc3n2CC(=O)NC2CCCC2)o1. The number of rotatable bonds is 5. The Morgan fingerprint density at radius 2 is 2.08 bits per heavy atom. The fraction of sp³-hybridized carbons (Fsp3) is 0.421. The van der Waals surface area contributed by atoms with Gasteiger partial charge in [0, 0.05) is 23.4 Å². The summed E-state index contributed by atoms with van der Waals surface area (Å²) in [5, 5.41) is 12.4. The first-order valence-electron chi connectivity index (χ1n) is 8.95. The van der Waals surface area contributed by atoms with Crippen molar-refractivity contribution in [3.05, 3.63) is 36.2 Å². The van der Waals surface area contributed by atoms with E-state index in [1.54, 1.807) is 0 Å². The molecule has 4 rings (SSSR count). The third-order valence-electron chi connectivity index (χ3n) is 4.82. The van der Waals surface area contributed by atoms with Gasteiger partial charge in [-0.1, -0.05) is 38.0 Å². The zero-order valence-corrected chi connectivity index (χ0v) is 14.4. The van der Waals surface area contributed by atoms with Crippen LogP contribution >= 0.6 is 0 Å². The number of hydrogen-bond acceptors (Lipinski definition) is 4. The number of nitrogens with zero attached hydrogens (tertiary/aromatic N) is 3. The maximum atomic E-state index is 12.6. The number of hydrogen-bond donors (Lipinski definition) is 1. The van der Waals surface area contributed by atoms with Gasteiger partial charge in [0.2, 0.25) is 11.8 Å². The lowest BCUT2D eigenvalue weighted by molar-refractivity contribution is -0.122. The number of benzene rings is 1. The molecule has 2 aromatic heterocycles. The van der Waals surface area contributed by atoms with E-state index in [-0.39, 0.29) is 12.5 Å². The van der Waals surface area contributed by atoms with E-state index in [0.29, 0.717) is 24.2 Å². The molecule has 0 unspecified atom stereocenters. The van der Waals surface area contributed by atoms with Gasteiger partial charge in [0.05, 0.1) is 0 Å². The summed E-state index contributed by atoms with van der Waals surface area (Å²) in [5.74, 6) is 1.09. The van der Waals surface area contributed by atoms with Gasteiger partial charge in [0.1, 0.15) is 12.2 Å². The van der Waals surface area contributed by atoms with Crippen molar-refractivity contribution in [1.82, 2.24) is 20.1 Å². The first-order valence-corrected chi connectivity index (χ1v) is 8.95. The molecule has 0 radical (unpaired) electrons. The third-order valence-corrected chi connectivity index (χ3v) is 4.82. The first kappa shape index (κ1) is 15.9. The molecule has 1 saturated carbocycles. The van der Waals surface area contributed by atoms with E-state index in [9.17, 15) is 4.79 Å². The lowest BCUT2D eigenvalue weighted by Crippen LogP contribution is -2.35. The number of carbonyl (C=O) groups excluding carboxylic acids is 1. The predicted octanol–water partition coefficient (Wildman–Crippen LogP) is 3.31. The highest BCUT2D eigenvalue weighted by Crippen LogP contribution is 2.27. The summed E-state index contributed by atoms with van der Waals surface area (Å²) >= 11 is 0. The molecule has 0 atom stereocenters. The van der Waals surface area contributed by atoms with Gasteiger partial charge in [-0.05, 0) is 25.0 Å². The normalized spacial score (nSPS) is 15.1. The Kier molecular flexibility index (Phi) is 4.26. The van der Waals surface area contributed by atoms with Gasteiger partial charge in [0.15, 0.2) is 0 Å². The van der Waals surface area contributed by atoms with Crippen LogP contribution in [0.2, 0.25) is 0 Å². The molecule has 1 aromatic carbocycles. The number of aryl methyl sites for hydroxylation is 1. The van der Waals surface area contributed by atoms with Gasteiger partial charge < -0.3 is 14.3 Å². The molecule has 0 spiro atoms. The quantitative estimate of drug-likeness (QED) is 0.774. The average molecular weight is 338 g/mol. The van der Waals surface area contributed by atoms with E-state index < -0.39 is 0 Å². The van der Waals surface area contributed by atoms with Crippen molar-refractivity contribution in [2.45, 2.75) is 51.6 Å². The second-order valence-electron chi connectivity index (χ2n) is 6.58. The van der Waals surface area contributed by atoms with E-state index in [1.165, 1.54) is 12.8 Å². The molecule has 1 N–H and O–H groups in total. The molecule has 2 heterocycles. The molecule has 1 aliphatic carbocycles. The minimum atomic E-state index is 0.0322. The van der Waals surface area contributed by atoms with Crippen LogP contribution in [-0.4, -0.2) is 26.7 Å². The van der Waals surface area contributed by atoms with E-state index in [1.807, 2.05) is 41.8 Å². The van der Waals surface area contributed by atoms with Crippen LogP contribution in [0.15, 0.2) is 34.7 Å². The monoisotopic (exact) mass is 338 g/mol. The Hall–Kier alpha value is -2.63. The number of aromatic nitrogens is 3. The van der Waals surface area contributed by atoms with Crippen molar-refractivity contribution in [2.24, 2.45) is 0 Å². The number of para-hydroxylation sites is 1. The van der Waals surface area contributed by atoms with E-state index in [2.05, 4.69) is 15.5 Å². The highest BCUT2D eigenvalue weighted by Gasteiger charge is 2.21. The third kappa shape index (κ3) is 3.16. The Morgan fingerprint density at radius 1 is 1.28 bits per heavy atom. The summed E-state index contributed by atoms with van der Waals surface area (Å²) in [5.41, 5.74) is 1.78. The number of carbonyl (C=O) groups is 1. The van der Waals surface area contributed by atoms with Gasteiger partial charge in [-0.15, -0.1) is 10.2 Å². The Labute approximate surface area is 146 Å². The van der Waals surface area contributed by atoms with Crippen molar-refractivity contribution in [3.8, 4) is 11.6 Å². The molecule has 130 valence electrons. The summed E-state index contributed by atoms with van der Waals surface area (Å²) in [6.07, 6.45) is 5.24. The minimum Gasteiger partial charge on any atom is -0.419 e. The topological polar surface area (TPSA) is 73.0 Å². The zero-order valence-electron chi connectivity index (χ0n) is 14.4. The smallest absolute Gasteiger partial charge is 0.264 e. The van der Waals surface area contributed by atoms with Crippen molar-refractivity contribution in [3.63, 3.8) is 0 Å². The van der Waals surface area contributed by atoms with Crippen LogP contribution in [0.1, 0.15) is 38.5 Å². The molecule has 0 aliphatic heterocycles. The molecular weight excluding hydrogens is 316 g/mol. The molecular formula is C19H22N4O2. The van der Waals surface area contributed by atoms with Gasteiger partial charge in [-0.3, -0.25) is 4.79 Å². The molecule has 1 aliphatic rings. The van der Waals surface area contributed by atoms with Crippen LogP contribution in [0.4, 0.5) is 0 Å². The largest absolute Gasteiger partial charge is 0.419 e. The first-order chi connectivity index (χ1) is 12.2. The molecule has 1 amide bonds. The second-order valence-corrected chi connectivity index (χ2v) is 6.58. The molecule has 6 nitrogen and oxygen atoms in total. The lowest BCUT2D eigenvalue weighted by atomic mass is 10.2. The summed E-state index contributed by atoms with van der Waals surface area (Å²) < 4.78 is 7.69. The van der Waals surface area contributed by atoms with E-state index in [4.69, 9.17) is 4.42 Å². The van der Waals surface area contributed by atoms with Crippen LogP contribution in [0.5, 0.6) is 0 Å². The lowest BCUT2D eigenvalue weighted by Gasteiger charge is -2.14. The number of nitrogens with one attached hydrogen (secondary N) is 1. The Balaban J connectivity index is 1.67. The molecule has 1 fully saturated rings. The summed E-state index contributed by atoms with van der Waals surface area (Å²) in [4.78, 5) is 12.6. The predicted molar refractivity (Wildman–Crippen MR) is 95.0 cm³/mol. The van der Waals surface area contributed by atoms with Crippen LogP contribution in [0, 0.1) is 0 Å². The van der Waals surface area contributed by atoms with E-state index >= 15 is 0 Å². The van der Waals surface area contributed by atoms with Crippen LogP contribution < -0.4 is 5.32 Å². The van der Waals surface area contributed by atoms with Gasteiger partial charge in [-0.2, -0.15) is 0 Å². The van der Waals surface area contributed by atoms with Crippen molar-refractivity contribution >= 4 is 16.8 Å².